The van der Waals surface area contributed by atoms with Crippen molar-refractivity contribution in [3.05, 3.63) is 84.3 Å². The molecule has 0 unspecified atom stereocenters. The molecular weight excluding hydrogens is 368 g/mol. The van der Waals surface area contributed by atoms with Gasteiger partial charge >= 0.3 is 0 Å². The van der Waals surface area contributed by atoms with Crippen molar-refractivity contribution in [1.29, 1.82) is 0 Å². The summed E-state index contributed by atoms with van der Waals surface area (Å²) in [7, 11) is 0. The number of allylic oxidation sites excluding steroid dienone is 1. The van der Waals surface area contributed by atoms with E-state index in [1.54, 1.807) is 42.5 Å². The Hall–Kier alpha value is -2.63. The Balaban J connectivity index is 0.00000243. The number of hydrogen-bond acceptors (Lipinski definition) is 5. The zero-order valence-electron chi connectivity index (χ0n) is 14.0. The Morgan fingerprint density at radius 3 is 2.38 bits per heavy atom. The van der Waals surface area contributed by atoms with Crippen LogP contribution >= 0.6 is 24.2 Å². The summed E-state index contributed by atoms with van der Waals surface area (Å²) < 4.78 is 5.58. The molecule has 0 spiro atoms. The van der Waals surface area contributed by atoms with Crippen molar-refractivity contribution in [2.24, 2.45) is 0 Å². The third-order valence-electron chi connectivity index (χ3n) is 3.44. The van der Waals surface area contributed by atoms with Crippen molar-refractivity contribution in [2.45, 2.75) is 4.90 Å². The highest BCUT2D eigenvalue weighted by molar-refractivity contribution is 7.98. The van der Waals surface area contributed by atoms with E-state index >= 15 is 0 Å². The molecular formula is C20H17ClN2O2S. The predicted octanol–water partition coefficient (Wildman–Crippen LogP) is 5.31. The van der Waals surface area contributed by atoms with Crippen LogP contribution in [0, 0.1) is 0 Å². The summed E-state index contributed by atoms with van der Waals surface area (Å²) in [6, 6.07) is 15.0. The molecule has 6 heteroatoms. The topological polar surface area (TPSA) is 52.1 Å². The second-order valence-corrected chi connectivity index (χ2v) is 6.02. The van der Waals surface area contributed by atoms with Gasteiger partial charge in [0.25, 0.3) is 0 Å². The van der Waals surface area contributed by atoms with Crippen LogP contribution in [0.2, 0.25) is 0 Å². The second kappa shape index (κ2) is 9.75. The first-order valence-corrected chi connectivity index (χ1v) is 8.87. The minimum atomic E-state index is -0.0208. The van der Waals surface area contributed by atoms with Crippen LogP contribution in [-0.4, -0.2) is 22.0 Å². The molecule has 0 N–H and O–H groups in total. The number of nitrogens with zero attached hydrogens (tertiary/aromatic N) is 2. The fourth-order valence-electron chi connectivity index (χ4n) is 2.13. The van der Waals surface area contributed by atoms with Crippen molar-refractivity contribution < 1.29 is 9.53 Å². The highest BCUT2D eigenvalue weighted by Crippen LogP contribution is 2.19. The van der Waals surface area contributed by atoms with Crippen molar-refractivity contribution in [3.8, 4) is 11.6 Å². The summed E-state index contributed by atoms with van der Waals surface area (Å²) in [5, 5.41) is 0. The van der Waals surface area contributed by atoms with Crippen molar-refractivity contribution in [2.75, 3.05) is 6.26 Å². The number of ether oxygens (including phenoxy) is 1. The van der Waals surface area contributed by atoms with Gasteiger partial charge in [0.2, 0.25) is 5.88 Å². The summed E-state index contributed by atoms with van der Waals surface area (Å²) in [6.07, 6.45) is 10.1. The standard InChI is InChI=1S/C20H16N2O2S.ClH/c1-25-18-9-5-16(6-10-18)19(23)11-4-15-2-7-17(8-3-15)24-20-14-21-12-13-22-20;/h2-14H,1H3;1H/b11-4+;. The molecule has 0 aliphatic carbocycles. The van der Waals surface area contributed by atoms with E-state index in [-0.39, 0.29) is 18.2 Å². The van der Waals surface area contributed by atoms with Crippen molar-refractivity contribution in [3.63, 3.8) is 0 Å². The molecule has 0 bridgehead atoms. The number of carbonyl (C=O) groups excluding carboxylic acids is 1. The number of hydrogen-bond donors (Lipinski definition) is 0. The average molecular weight is 385 g/mol. The molecule has 1 aromatic heterocycles. The van der Waals surface area contributed by atoms with Gasteiger partial charge in [0.05, 0.1) is 6.20 Å². The van der Waals surface area contributed by atoms with Crippen LogP contribution in [0.25, 0.3) is 6.08 Å². The molecule has 3 aromatic rings. The summed E-state index contributed by atoms with van der Waals surface area (Å²) >= 11 is 1.65. The van der Waals surface area contributed by atoms with E-state index in [1.165, 1.54) is 0 Å². The van der Waals surface area contributed by atoms with Gasteiger partial charge in [-0.1, -0.05) is 18.2 Å². The number of rotatable bonds is 6. The molecule has 2 aromatic carbocycles. The Morgan fingerprint density at radius 2 is 1.77 bits per heavy atom. The zero-order valence-corrected chi connectivity index (χ0v) is 15.7. The van der Waals surface area contributed by atoms with E-state index in [0.29, 0.717) is 17.2 Å². The Kier molecular flexibility index (Phi) is 7.38. The Bertz CT molecular complexity index is 867. The van der Waals surface area contributed by atoms with Crippen LogP contribution < -0.4 is 4.74 Å². The zero-order chi connectivity index (χ0) is 17.5. The maximum Gasteiger partial charge on any atom is 0.237 e. The lowest BCUT2D eigenvalue weighted by molar-refractivity contribution is 0.104. The van der Waals surface area contributed by atoms with E-state index in [9.17, 15) is 4.79 Å². The molecule has 0 radical (unpaired) electrons. The van der Waals surface area contributed by atoms with E-state index in [4.69, 9.17) is 4.74 Å². The van der Waals surface area contributed by atoms with Crippen LogP contribution in [0.1, 0.15) is 15.9 Å². The molecule has 132 valence electrons. The quantitative estimate of drug-likeness (QED) is 0.327. The number of ketones is 1. The summed E-state index contributed by atoms with van der Waals surface area (Å²) in [5.74, 6) is 1.08. The van der Waals surface area contributed by atoms with Gasteiger partial charge in [-0.2, -0.15) is 0 Å². The first kappa shape index (κ1) is 19.7. The molecule has 1 heterocycles. The van der Waals surface area contributed by atoms with Crippen LogP contribution in [0.5, 0.6) is 11.6 Å². The molecule has 4 nitrogen and oxygen atoms in total. The van der Waals surface area contributed by atoms with E-state index in [2.05, 4.69) is 9.97 Å². The second-order valence-electron chi connectivity index (χ2n) is 5.14. The maximum atomic E-state index is 12.2. The van der Waals surface area contributed by atoms with Gasteiger partial charge in [-0.15, -0.1) is 24.2 Å². The van der Waals surface area contributed by atoms with Crippen LogP contribution in [0.15, 0.2) is 78.1 Å². The SMILES string of the molecule is CSc1ccc(C(=O)/C=C/c2ccc(Oc3cnccn3)cc2)cc1.Cl. The fraction of sp³-hybridized carbons (Fsp3) is 0.0500. The molecule has 26 heavy (non-hydrogen) atoms. The maximum absolute atomic E-state index is 12.2. The van der Waals surface area contributed by atoms with Gasteiger partial charge in [-0.05, 0) is 54.3 Å². The van der Waals surface area contributed by atoms with E-state index < -0.39 is 0 Å². The smallest absolute Gasteiger partial charge is 0.237 e. The Morgan fingerprint density at radius 1 is 1.04 bits per heavy atom. The third-order valence-corrected chi connectivity index (χ3v) is 4.19. The van der Waals surface area contributed by atoms with E-state index in [0.717, 1.165) is 10.5 Å². The number of benzene rings is 2. The molecule has 0 saturated carbocycles. The average Bonchev–Trinajstić information content (AvgIpc) is 2.68. The Labute approximate surface area is 162 Å². The highest BCUT2D eigenvalue weighted by atomic mass is 35.5. The number of halogens is 1. The third kappa shape index (κ3) is 5.44. The van der Waals surface area contributed by atoms with Gasteiger partial charge in [0.1, 0.15) is 5.75 Å². The monoisotopic (exact) mass is 384 g/mol. The minimum absolute atomic E-state index is 0. The molecule has 0 aliphatic rings. The lowest BCUT2D eigenvalue weighted by Gasteiger charge is -2.03. The van der Waals surface area contributed by atoms with Gasteiger partial charge < -0.3 is 4.74 Å². The van der Waals surface area contributed by atoms with Gasteiger partial charge in [-0.3, -0.25) is 9.78 Å². The molecule has 0 saturated heterocycles. The lowest BCUT2D eigenvalue weighted by Crippen LogP contribution is -1.93. The first-order valence-electron chi connectivity index (χ1n) is 7.65. The normalized spacial score (nSPS) is 10.3. The van der Waals surface area contributed by atoms with Crippen LogP contribution in [0.4, 0.5) is 0 Å². The van der Waals surface area contributed by atoms with Gasteiger partial charge in [0, 0.05) is 22.9 Å². The number of aromatic nitrogens is 2. The summed E-state index contributed by atoms with van der Waals surface area (Å²) in [6.45, 7) is 0. The predicted molar refractivity (Wildman–Crippen MR) is 107 cm³/mol. The van der Waals surface area contributed by atoms with Crippen molar-refractivity contribution in [1.82, 2.24) is 9.97 Å². The van der Waals surface area contributed by atoms with Gasteiger partial charge in [-0.25, -0.2) is 4.98 Å². The molecule has 3 rings (SSSR count). The first-order chi connectivity index (χ1) is 12.2. The minimum Gasteiger partial charge on any atom is -0.438 e. The van der Waals surface area contributed by atoms with Crippen LogP contribution in [-0.2, 0) is 0 Å². The molecule has 0 atom stereocenters. The van der Waals surface area contributed by atoms with Crippen molar-refractivity contribution >= 4 is 36.0 Å². The lowest BCUT2D eigenvalue weighted by atomic mass is 10.1. The fourth-order valence-corrected chi connectivity index (χ4v) is 2.54. The summed E-state index contributed by atoms with van der Waals surface area (Å²) in [4.78, 5) is 21.3. The number of carbonyl (C=O) groups is 1. The van der Waals surface area contributed by atoms with Crippen LogP contribution in [0.3, 0.4) is 0 Å². The number of thioether (sulfide) groups is 1. The van der Waals surface area contributed by atoms with Gasteiger partial charge in [0.15, 0.2) is 5.78 Å². The van der Waals surface area contributed by atoms with E-state index in [1.807, 2.05) is 54.8 Å². The largest absolute Gasteiger partial charge is 0.438 e. The highest BCUT2D eigenvalue weighted by Gasteiger charge is 2.02. The molecule has 0 aliphatic heterocycles. The summed E-state index contributed by atoms with van der Waals surface area (Å²) in [5.41, 5.74) is 1.59. The molecule has 0 fully saturated rings. The molecule has 0 amide bonds.